The molecule has 0 aromatic carbocycles. The van der Waals surface area contributed by atoms with Gasteiger partial charge in [-0.05, 0) is 51.0 Å². The monoisotopic (exact) mass is 279 g/mol. The summed E-state index contributed by atoms with van der Waals surface area (Å²) in [5.74, 6) is 2.03. The molecule has 1 aliphatic heterocycles. The van der Waals surface area contributed by atoms with Crippen molar-refractivity contribution in [3.8, 4) is 0 Å². The smallest absolute Gasteiger partial charge is 0.0335 e. The van der Waals surface area contributed by atoms with Gasteiger partial charge in [0, 0.05) is 37.8 Å². The Morgan fingerprint density at radius 2 is 1.95 bits per heavy atom. The molecule has 2 aliphatic carbocycles. The predicted octanol–water partition coefficient (Wildman–Crippen LogP) is 2.31. The lowest BCUT2D eigenvalue weighted by atomic mass is 9.72. The standard InChI is InChI=1S/C17H33N3/c1-3-16-12-20(10-9-19(16)2)17(13-18)8-4-5-15(11-17)14-6-7-14/h14-16H,3-13,18H2,1-2H3. The van der Waals surface area contributed by atoms with Gasteiger partial charge in [0.2, 0.25) is 0 Å². The highest BCUT2D eigenvalue weighted by Gasteiger charge is 2.45. The van der Waals surface area contributed by atoms with Crippen LogP contribution in [-0.4, -0.2) is 54.6 Å². The van der Waals surface area contributed by atoms with Crippen LogP contribution in [0.4, 0.5) is 0 Å². The molecular weight excluding hydrogens is 246 g/mol. The molecule has 0 amide bonds. The second kappa shape index (κ2) is 5.94. The Kier molecular flexibility index (Phi) is 4.40. The molecule has 1 heterocycles. The maximum Gasteiger partial charge on any atom is 0.0335 e. The molecule has 3 rings (SSSR count). The number of hydrogen-bond acceptors (Lipinski definition) is 3. The second-order valence-electron chi connectivity index (χ2n) is 7.61. The van der Waals surface area contributed by atoms with E-state index < -0.39 is 0 Å². The van der Waals surface area contributed by atoms with Gasteiger partial charge in [-0.1, -0.05) is 19.8 Å². The van der Waals surface area contributed by atoms with Gasteiger partial charge in [0.05, 0.1) is 0 Å². The molecule has 3 unspecified atom stereocenters. The fourth-order valence-corrected chi connectivity index (χ4v) is 4.77. The summed E-state index contributed by atoms with van der Waals surface area (Å²) in [6, 6.07) is 0.730. The molecule has 0 bridgehead atoms. The molecule has 0 radical (unpaired) electrons. The van der Waals surface area contributed by atoms with Gasteiger partial charge in [-0.2, -0.15) is 0 Å². The Morgan fingerprint density at radius 1 is 1.15 bits per heavy atom. The van der Waals surface area contributed by atoms with Gasteiger partial charge >= 0.3 is 0 Å². The molecule has 20 heavy (non-hydrogen) atoms. The van der Waals surface area contributed by atoms with Crippen molar-refractivity contribution < 1.29 is 0 Å². The maximum atomic E-state index is 6.32. The molecule has 3 nitrogen and oxygen atoms in total. The van der Waals surface area contributed by atoms with E-state index in [4.69, 9.17) is 5.73 Å². The number of hydrogen-bond donors (Lipinski definition) is 1. The predicted molar refractivity (Wildman–Crippen MR) is 84.7 cm³/mol. The number of likely N-dealkylation sites (N-methyl/N-ethyl adjacent to an activating group) is 1. The third-order valence-corrected chi connectivity index (χ3v) is 6.45. The summed E-state index contributed by atoms with van der Waals surface area (Å²) in [5, 5.41) is 0. The van der Waals surface area contributed by atoms with Crippen molar-refractivity contribution in [1.29, 1.82) is 0 Å². The molecular formula is C17H33N3. The van der Waals surface area contributed by atoms with Crippen molar-refractivity contribution >= 4 is 0 Å². The molecule has 3 atom stereocenters. The normalized spacial score (nSPS) is 41.0. The molecule has 3 aliphatic rings. The average molecular weight is 279 g/mol. The Hall–Kier alpha value is -0.120. The van der Waals surface area contributed by atoms with Crippen molar-refractivity contribution in [3.05, 3.63) is 0 Å². The van der Waals surface area contributed by atoms with Crippen LogP contribution in [0.3, 0.4) is 0 Å². The minimum atomic E-state index is 0.334. The Morgan fingerprint density at radius 3 is 2.60 bits per heavy atom. The Bertz CT molecular complexity index is 328. The lowest BCUT2D eigenvalue weighted by Crippen LogP contribution is -2.63. The summed E-state index contributed by atoms with van der Waals surface area (Å²) in [4.78, 5) is 5.33. The first-order chi connectivity index (χ1) is 9.68. The highest BCUT2D eigenvalue weighted by Crippen LogP contribution is 2.48. The van der Waals surface area contributed by atoms with Crippen LogP contribution in [0.25, 0.3) is 0 Å². The second-order valence-corrected chi connectivity index (χ2v) is 7.61. The van der Waals surface area contributed by atoms with Crippen molar-refractivity contribution in [2.45, 2.75) is 63.5 Å². The first kappa shape index (κ1) is 14.8. The minimum Gasteiger partial charge on any atom is -0.329 e. The van der Waals surface area contributed by atoms with Gasteiger partial charge in [0.25, 0.3) is 0 Å². The van der Waals surface area contributed by atoms with Crippen LogP contribution >= 0.6 is 0 Å². The van der Waals surface area contributed by atoms with E-state index in [2.05, 4.69) is 23.8 Å². The van der Waals surface area contributed by atoms with E-state index in [0.717, 1.165) is 24.4 Å². The molecule has 116 valence electrons. The fraction of sp³-hybridized carbons (Fsp3) is 1.00. The molecule has 2 saturated carbocycles. The van der Waals surface area contributed by atoms with Gasteiger partial charge in [-0.15, -0.1) is 0 Å². The van der Waals surface area contributed by atoms with Crippen LogP contribution in [0, 0.1) is 11.8 Å². The largest absolute Gasteiger partial charge is 0.329 e. The molecule has 0 aromatic heterocycles. The van der Waals surface area contributed by atoms with Gasteiger partial charge < -0.3 is 10.6 Å². The van der Waals surface area contributed by atoms with E-state index in [9.17, 15) is 0 Å². The third-order valence-electron chi connectivity index (χ3n) is 6.45. The van der Waals surface area contributed by atoms with Crippen LogP contribution in [0.2, 0.25) is 0 Å². The minimum absolute atomic E-state index is 0.334. The van der Waals surface area contributed by atoms with Crippen molar-refractivity contribution in [2.24, 2.45) is 17.6 Å². The van der Waals surface area contributed by atoms with Gasteiger partial charge in [0.1, 0.15) is 0 Å². The van der Waals surface area contributed by atoms with E-state index >= 15 is 0 Å². The summed E-state index contributed by atoms with van der Waals surface area (Å²) in [5.41, 5.74) is 6.65. The maximum absolute atomic E-state index is 6.32. The van der Waals surface area contributed by atoms with Crippen molar-refractivity contribution in [3.63, 3.8) is 0 Å². The fourth-order valence-electron chi connectivity index (χ4n) is 4.77. The number of nitrogens with two attached hydrogens (primary N) is 1. The Labute approximate surface area is 124 Å². The molecule has 0 spiro atoms. The zero-order valence-corrected chi connectivity index (χ0v) is 13.5. The van der Waals surface area contributed by atoms with E-state index in [-0.39, 0.29) is 0 Å². The van der Waals surface area contributed by atoms with Gasteiger partial charge in [0.15, 0.2) is 0 Å². The average Bonchev–Trinajstić information content (AvgIpc) is 3.32. The zero-order chi connectivity index (χ0) is 14.2. The van der Waals surface area contributed by atoms with Crippen LogP contribution < -0.4 is 5.73 Å². The topological polar surface area (TPSA) is 32.5 Å². The van der Waals surface area contributed by atoms with Gasteiger partial charge in [-0.25, -0.2) is 0 Å². The Balaban J connectivity index is 1.70. The highest BCUT2D eigenvalue weighted by molar-refractivity contribution is 5.01. The summed E-state index contributed by atoms with van der Waals surface area (Å²) >= 11 is 0. The molecule has 0 aromatic rings. The van der Waals surface area contributed by atoms with E-state index in [1.54, 1.807) is 0 Å². The van der Waals surface area contributed by atoms with Gasteiger partial charge in [-0.3, -0.25) is 4.90 Å². The number of nitrogens with zero attached hydrogens (tertiary/aromatic N) is 2. The van der Waals surface area contributed by atoms with Crippen LogP contribution in [-0.2, 0) is 0 Å². The van der Waals surface area contributed by atoms with Crippen molar-refractivity contribution in [2.75, 3.05) is 33.2 Å². The quantitative estimate of drug-likeness (QED) is 0.857. The molecule has 2 N–H and O–H groups in total. The lowest BCUT2D eigenvalue weighted by molar-refractivity contribution is -0.0215. The number of piperazine rings is 1. The summed E-state index contributed by atoms with van der Waals surface area (Å²) < 4.78 is 0. The SMILES string of the molecule is CCC1CN(C2(CN)CCCC(C3CC3)C2)CCN1C. The van der Waals surface area contributed by atoms with E-state index in [1.807, 2.05) is 0 Å². The molecule has 3 fully saturated rings. The summed E-state index contributed by atoms with van der Waals surface area (Å²) in [6.07, 6.45) is 9.84. The molecule has 1 saturated heterocycles. The zero-order valence-electron chi connectivity index (χ0n) is 13.5. The van der Waals surface area contributed by atoms with E-state index in [0.29, 0.717) is 5.54 Å². The summed E-state index contributed by atoms with van der Waals surface area (Å²) in [7, 11) is 2.29. The first-order valence-electron chi connectivity index (χ1n) is 8.84. The first-order valence-corrected chi connectivity index (χ1v) is 8.84. The van der Waals surface area contributed by atoms with Crippen LogP contribution in [0.15, 0.2) is 0 Å². The van der Waals surface area contributed by atoms with Crippen LogP contribution in [0.5, 0.6) is 0 Å². The van der Waals surface area contributed by atoms with Crippen molar-refractivity contribution in [1.82, 2.24) is 9.80 Å². The summed E-state index contributed by atoms with van der Waals surface area (Å²) in [6.45, 7) is 6.88. The highest BCUT2D eigenvalue weighted by atomic mass is 15.3. The molecule has 3 heteroatoms. The van der Waals surface area contributed by atoms with Crippen LogP contribution in [0.1, 0.15) is 51.9 Å². The number of rotatable bonds is 4. The third kappa shape index (κ3) is 2.77. The lowest BCUT2D eigenvalue weighted by Gasteiger charge is -2.53. The van der Waals surface area contributed by atoms with E-state index in [1.165, 1.54) is 64.6 Å².